The van der Waals surface area contributed by atoms with Crippen molar-refractivity contribution in [2.45, 2.75) is 6.18 Å². The summed E-state index contributed by atoms with van der Waals surface area (Å²) in [5.74, 6) is -1.18. The summed E-state index contributed by atoms with van der Waals surface area (Å²) in [5, 5.41) is 15.9. The van der Waals surface area contributed by atoms with E-state index in [0.717, 1.165) is 12.1 Å². The Kier molecular flexibility index (Phi) is 4.14. The summed E-state index contributed by atoms with van der Waals surface area (Å²) in [7, 11) is 0. The predicted octanol–water partition coefficient (Wildman–Crippen LogP) is 3.24. The lowest BCUT2D eigenvalue weighted by atomic mass is 10.1. The fourth-order valence-corrected chi connectivity index (χ4v) is 2.08. The molecule has 0 aliphatic carbocycles. The lowest BCUT2D eigenvalue weighted by Gasteiger charge is -2.11. The maximum absolute atomic E-state index is 12.7. The average molecular weight is 348 g/mol. The Labute approximate surface area is 139 Å². The minimum atomic E-state index is -4.58. The monoisotopic (exact) mass is 348 g/mol. The number of rotatable bonds is 3. The fourth-order valence-electron chi connectivity index (χ4n) is 2.08. The molecule has 0 bridgehead atoms. The molecule has 6 nitrogen and oxygen atoms in total. The van der Waals surface area contributed by atoms with Crippen LogP contribution in [0.5, 0.6) is 5.75 Å². The Morgan fingerprint density at radius 1 is 1.20 bits per heavy atom. The van der Waals surface area contributed by atoms with Gasteiger partial charge in [0.15, 0.2) is 0 Å². The number of carbonyl (C=O) groups excluding carboxylic acids is 1. The first-order valence-electron chi connectivity index (χ1n) is 7.01. The number of phenols is 1. The van der Waals surface area contributed by atoms with Crippen LogP contribution in [0.3, 0.4) is 0 Å². The van der Waals surface area contributed by atoms with Crippen molar-refractivity contribution in [3.63, 3.8) is 0 Å². The molecule has 0 saturated heterocycles. The number of amides is 1. The fraction of sp³-hybridized carbons (Fsp3) is 0.0625. The molecule has 2 heterocycles. The van der Waals surface area contributed by atoms with Crippen LogP contribution in [0.15, 0.2) is 55.1 Å². The zero-order valence-electron chi connectivity index (χ0n) is 12.5. The van der Waals surface area contributed by atoms with Gasteiger partial charge in [0, 0.05) is 12.4 Å². The number of aromatic hydroxyl groups is 1. The van der Waals surface area contributed by atoms with Gasteiger partial charge in [-0.15, -0.1) is 0 Å². The molecule has 1 amide bonds. The summed E-state index contributed by atoms with van der Waals surface area (Å²) in [6, 6.07) is 5.68. The van der Waals surface area contributed by atoms with Gasteiger partial charge in [0.2, 0.25) is 0 Å². The Balaban J connectivity index is 1.83. The summed E-state index contributed by atoms with van der Waals surface area (Å²) in [6.07, 6.45) is 1.19. The van der Waals surface area contributed by atoms with Gasteiger partial charge in [-0.25, -0.2) is 4.68 Å². The largest absolute Gasteiger partial charge is 0.506 e. The topological polar surface area (TPSA) is 80.0 Å². The van der Waals surface area contributed by atoms with Crippen molar-refractivity contribution in [3.05, 3.63) is 66.2 Å². The number of aromatic nitrogens is 3. The van der Waals surface area contributed by atoms with Crippen LogP contribution in [-0.4, -0.2) is 25.8 Å². The lowest BCUT2D eigenvalue weighted by molar-refractivity contribution is -0.137. The molecule has 3 rings (SSSR count). The highest BCUT2D eigenvalue weighted by Gasteiger charge is 2.31. The quantitative estimate of drug-likeness (QED) is 0.712. The van der Waals surface area contributed by atoms with Crippen LogP contribution in [0.4, 0.5) is 18.9 Å². The number of hydrogen-bond donors (Lipinski definition) is 2. The molecule has 25 heavy (non-hydrogen) atoms. The second-order valence-corrected chi connectivity index (χ2v) is 5.07. The first kappa shape index (κ1) is 16.5. The van der Waals surface area contributed by atoms with E-state index >= 15 is 0 Å². The lowest BCUT2D eigenvalue weighted by Crippen LogP contribution is -2.13. The van der Waals surface area contributed by atoms with Gasteiger partial charge in [0.25, 0.3) is 5.91 Å². The number of pyridine rings is 1. The standard InChI is InChI=1S/C16H11F3N4O2/c17-16(18,19)11-3-4-14(24)13(6-11)22-15(25)10-7-21-23(9-10)12-2-1-5-20-8-12/h1-9,24H,(H,22,25). The van der Waals surface area contributed by atoms with E-state index in [1.807, 2.05) is 0 Å². The predicted molar refractivity (Wildman–Crippen MR) is 82.4 cm³/mol. The van der Waals surface area contributed by atoms with Gasteiger partial charge in [-0.3, -0.25) is 9.78 Å². The van der Waals surface area contributed by atoms with Crippen molar-refractivity contribution in [2.75, 3.05) is 5.32 Å². The SMILES string of the molecule is O=C(Nc1cc(C(F)(F)F)ccc1O)c1cnn(-c2cccnc2)c1. The highest BCUT2D eigenvalue weighted by Crippen LogP contribution is 2.34. The number of nitrogens with zero attached hydrogens (tertiary/aromatic N) is 3. The van der Waals surface area contributed by atoms with Crippen molar-refractivity contribution < 1.29 is 23.1 Å². The number of benzene rings is 1. The number of hydrogen-bond acceptors (Lipinski definition) is 4. The normalized spacial score (nSPS) is 11.3. The Bertz CT molecular complexity index is 907. The molecule has 0 unspecified atom stereocenters. The first-order valence-corrected chi connectivity index (χ1v) is 7.01. The molecule has 9 heteroatoms. The van der Waals surface area contributed by atoms with Gasteiger partial charge >= 0.3 is 6.18 Å². The molecule has 128 valence electrons. The smallest absolute Gasteiger partial charge is 0.416 e. The molecule has 0 atom stereocenters. The maximum Gasteiger partial charge on any atom is 0.416 e. The summed E-state index contributed by atoms with van der Waals surface area (Å²) in [6.45, 7) is 0. The Morgan fingerprint density at radius 2 is 2.00 bits per heavy atom. The van der Waals surface area contributed by atoms with Gasteiger partial charge in [0.05, 0.1) is 34.9 Å². The van der Waals surface area contributed by atoms with Gasteiger partial charge in [-0.2, -0.15) is 18.3 Å². The molecular formula is C16H11F3N4O2. The molecule has 0 aliphatic heterocycles. The van der Waals surface area contributed by atoms with Gasteiger partial charge in [-0.05, 0) is 30.3 Å². The number of halogens is 3. The first-order chi connectivity index (χ1) is 11.8. The molecule has 1 aromatic carbocycles. The van der Waals surface area contributed by atoms with Crippen LogP contribution in [0, 0.1) is 0 Å². The summed E-state index contributed by atoms with van der Waals surface area (Å²) < 4.78 is 39.6. The minimum Gasteiger partial charge on any atom is -0.506 e. The molecule has 0 saturated carbocycles. The summed E-state index contributed by atoms with van der Waals surface area (Å²) in [5.41, 5.74) is -0.593. The van der Waals surface area contributed by atoms with Gasteiger partial charge in [-0.1, -0.05) is 0 Å². The van der Waals surface area contributed by atoms with E-state index in [-0.39, 0.29) is 11.3 Å². The van der Waals surface area contributed by atoms with Gasteiger partial charge in [0.1, 0.15) is 5.75 Å². The van der Waals surface area contributed by atoms with E-state index in [2.05, 4.69) is 15.4 Å². The summed E-state index contributed by atoms with van der Waals surface area (Å²) in [4.78, 5) is 16.1. The van der Waals surface area contributed by atoms with Crippen LogP contribution >= 0.6 is 0 Å². The number of nitrogens with one attached hydrogen (secondary N) is 1. The minimum absolute atomic E-state index is 0.112. The van der Waals surface area contributed by atoms with Crippen LogP contribution in [-0.2, 0) is 6.18 Å². The van der Waals surface area contributed by atoms with Crippen molar-refractivity contribution in [3.8, 4) is 11.4 Å². The number of alkyl halides is 3. The molecule has 2 N–H and O–H groups in total. The molecule has 0 radical (unpaired) electrons. The molecule has 3 aromatic rings. The van der Waals surface area contributed by atoms with Crippen LogP contribution in [0.2, 0.25) is 0 Å². The average Bonchev–Trinajstić information content (AvgIpc) is 3.07. The van der Waals surface area contributed by atoms with E-state index in [4.69, 9.17) is 0 Å². The van der Waals surface area contributed by atoms with Crippen molar-refractivity contribution in [1.82, 2.24) is 14.8 Å². The molecular weight excluding hydrogens is 337 g/mol. The maximum atomic E-state index is 12.7. The summed E-state index contributed by atoms with van der Waals surface area (Å²) >= 11 is 0. The zero-order valence-corrected chi connectivity index (χ0v) is 12.5. The van der Waals surface area contributed by atoms with Crippen LogP contribution in [0.25, 0.3) is 5.69 Å². The zero-order chi connectivity index (χ0) is 18.0. The Hall–Kier alpha value is -3.36. The second-order valence-electron chi connectivity index (χ2n) is 5.07. The number of anilines is 1. The molecule has 2 aromatic heterocycles. The van der Waals surface area contributed by atoms with Crippen molar-refractivity contribution >= 4 is 11.6 Å². The van der Waals surface area contributed by atoms with E-state index in [1.54, 1.807) is 18.3 Å². The molecule has 0 spiro atoms. The number of phenolic OH excluding ortho intramolecular Hbond substituents is 1. The van der Waals surface area contributed by atoms with Crippen molar-refractivity contribution in [2.24, 2.45) is 0 Å². The highest BCUT2D eigenvalue weighted by atomic mass is 19.4. The van der Waals surface area contributed by atoms with E-state index in [1.165, 1.54) is 23.3 Å². The number of carbonyl (C=O) groups is 1. The third-order valence-corrected chi connectivity index (χ3v) is 3.33. The third-order valence-electron chi connectivity index (χ3n) is 3.33. The third kappa shape index (κ3) is 3.60. The second kappa shape index (κ2) is 6.27. The van der Waals surface area contributed by atoms with E-state index < -0.39 is 23.4 Å². The van der Waals surface area contributed by atoms with Crippen molar-refractivity contribution in [1.29, 1.82) is 0 Å². The molecule has 0 aliphatic rings. The molecule has 0 fully saturated rings. The van der Waals surface area contributed by atoms with Gasteiger partial charge < -0.3 is 10.4 Å². The van der Waals surface area contributed by atoms with Crippen LogP contribution < -0.4 is 5.32 Å². The Morgan fingerprint density at radius 3 is 2.68 bits per heavy atom. The van der Waals surface area contributed by atoms with Crippen LogP contribution in [0.1, 0.15) is 15.9 Å². The van der Waals surface area contributed by atoms with E-state index in [0.29, 0.717) is 11.8 Å². The highest BCUT2D eigenvalue weighted by molar-refractivity contribution is 6.04. The van der Waals surface area contributed by atoms with E-state index in [9.17, 15) is 23.1 Å².